The van der Waals surface area contributed by atoms with Crippen molar-refractivity contribution in [2.24, 2.45) is 0 Å². The molecule has 0 spiro atoms. The van der Waals surface area contributed by atoms with E-state index >= 15 is 0 Å². The summed E-state index contributed by atoms with van der Waals surface area (Å²) in [6.45, 7) is 5.37. The summed E-state index contributed by atoms with van der Waals surface area (Å²) in [6, 6.07) is 7.25. The Kier molecular flexibility index (Phi) is 4.65. The molecule has 5 nitrogen and oxygen atoms in total. The molecule has 0 radical (unpaired) electrons. The highest BCUT2D eigenvalue weighted by Crippen LogP contribution is 2.22. The molecule has 1 heterocycles. The molecule has 2 aliphatic rings. The predicted molar refractivity (Wildman–Crippen MR) is 83.6 cm³/mol. The van der Waals surface area contributed by atoms with Crippen LogP contribution >= 0.6 is 0 Å². The number of nitrogens with zero attached hydrogens (tertiary/aromatic N) is 1. The fourth-order valence-electron chi connectivity index (χ4n) is 2.82. The minimum Gasteiger partial charge on any atom is -0.384 e. The van der Waals surface area contributed by atoms with Gasteiger partial charge >= 0.3 is 0 Å². The zero-order valence-electron chi connectivity index (χ0n) is 12.5. The van der Waals surface area contributed by atoms with Crippen LogP contribution in [0, 0.1) is 0 Å². The Morgan fingerprint density at radius 3 is 2.59 bits per heavy atom. The topological polar surface area (TPSA) is 58.6 Å². The number of hydrogen-bond donors (Lipinski definition) is 1. The molecule has 3 rings (SSSR count). The van der Waals surface area contributed by atoms with Crippen LogP contribution in [0.1, 0.15) is 22.3 Å². The average molecular weight is 300 g/mol. The van der Waals surface area contributed by atoms with Gasteiger partial charge in [-0.2, -0.15) is 0 Å². The quantitative estimate of drug-likeness (QED) is 0.652. The molecular formula is C17H20N2O3. The highest BCUT2D eigenvalue weighted by Gasteiger charge is 2.24. The van der Waals surface area contributed by atoms with E-state index in [1.165, 1.54) is 6.08 Å². The van der Waals surface area contributed by atoms with Crippen molar-refractivity contribution in [1.29, 1.82) is 0 Å². The van der Waals surface area contributed by atoms with Crippen LogP contribution in [0.15, 0.2) is 30.3 Å². The SMILES string of the molecule is O=C1C=C(NCCCN2CCOCC2)c2ccccc2C1=O. The van der Waals surface area contributed by atoms with E-state index in [0.717, 1.165) is 57.1 Å². The third-order valence-corrected chi connectivity index (χ3v) is 4.03. The van der Waals surface area contributed by atoms with Crippen molar-refractivity contribution >= 4 is 17.3 Å². The number of rotatable bonds is 5. The second-order valence-corrected chi connectivity index (χ2v) is 5.53. The van der Waals surface area contributed by atoms with Crippen LogP contribution in [-0.4, -0.2) is 55.9 Å². The molecule has 1 saturated heterocycles. The maximum atomic E-state index is 11.9. The molecule has 1 aromatic rings. The highest BCUT2D eigenvalue weighted by molar-refractivity contribution is 6.50. The van der Waals surface area contributed by atoms with Crippen molar-refractivity contribution in [3.8, 4) is 0 Å². The lowest BCUT2D eigenvalue weighted by Crippen LogP contribution is -2.37. The van der Waals surface area contributed by atoms with E-state index in [9.17, 15) is 9.59 Å². The van der Waals surface area contributed by atoms with Crippen molar-refractivity contribution in [3.63, 3.8) is 0 Å². The lowest BCUT2D eigenvalue weighted by atomic mass is 9.93. The van der Waals surface area contributed by atoms with E-state index in [1.807, 2.05) is 12.1 Å². The third-order valence-electron chi connectivity index (χ3n) is 4.03. The number of ether oxygens (including phenoxy) is 1. The first-order valence-electron chi connectivity index (χ1n) is 7.69. The Morgan fingerprint density at radius 2 is 1.82 bits per heavy atom. The molecule has 22 heavy (non-hydrogen) atoms. The molecule has 5 heteroatoms. The summed E-state index contributed by atoms with van der Waals surface area (Å²) in [4.78, 5) is 26.0. The number of nitrogens with one attached hydrogen (secondary N) is 1. The predicted octanol–water partition coefficient (Wildman–Crippen LogP) is 1.10. The minimum absolute atomic E-state index is 0.422. The third kappa shape index (κ3) is 3.26. The normalized spacial score (nSPS) is 18.8. The maximum absolute atomic E-state index is 11.9. The Bertz CT molecular complexity index is 604. The van der Waals surface area contributed by atoms with Gasteiger partial charge in [0.25, 0.3) is 0 Å². The summed E-state index contributed by atoms with van der Waals surface area (Å²) in [5.74, 6) is -0.871. The van der Waals surface area contributed by atoms with E-state index in [2.05, 4.69) is 10.2 Å². The molecule has 0 aromatic heterocycles. The number of Topliss-reactive ketones (excluding diaryl/α,β-unsaturated/α-hetero) is 1. The first kappa shape index (κ1) is 14.9. The average Bonchev–Trinajstić information content (AvgIpc) is 2.57. The smallest absolute Gasteiger partial charge is 0.233 e. The van der Waals surface area contributed by atoms with Gasteiger partial charge in [0.15, 0.2) is 0 Å². The number of fused-ring (bicyclic) bond motifs is 1. The van der Waals surface area contributed by atoms with Crippen molar-refractivity contribution in [3.05, 3.63) is 41.5 Å². The number of ketones is 2. The standard InChI is InChI=1S/C17H20N2O3/c20-16-12-15(13-4-1-2-5-14(13)17(16)21)18-6-3-7-19-8-10-22-11-9-19/h1-2,4-5,12,18H,3,6-11H2. The summed E-state index contributed by atoms with van der Waals surface area (Å²) < 4.78 is 5.33. The Hall–Kier alpha value is -1.98. The van der Waals surface area contributed by atoms with Crippen molar-refractivity contribution < 1.29 is 14.3 Å². The van der Waals surface area contributed by atoms with Crippen LogP contribution in [-0.2, 0) is 9.53 Å². The molecule has 0 bridgehead atoms. The van der Waals surface area contributed by atoms with Gasteiger partial charge in [-0.3, -0.25) is 14.5 Å². The number of benzene rings is 1. The molecular weight excluding hydrogens is 280 g/mol. The van der Waals surface area contributed by atoms with Gasteiger partial charge in [0.1, 0.15) is 0 Å². The summed E-state index contributed by atoms with van der Waals surface area (Å²) in [6.07, 6.45) is 2.40. The van der Waals surface area contributed by atoms with Crippen LogP contribution in [0.4, 0.5) is 0 Å². The van der Waals surface area contributed by atoms with Gasteiger partial charge in [0, 0.05) is 42.5 Å². The van der Waals surface area contributed by atoms with Gasteiger partial charge in [0.05, 0.1) is 13.2 Å². The van der Waals surface area contributed by atoms with Gasteiger partial charge in [0.2, 0.25) is 11.6 Å². The van der Waals surface area contributed by atoms with Gasteiger partial charge in [-0.25, -0.2) is 0 Å². The van der Waals surface area contributed by atoms with Gasteiger partial charge in [-0.1, -0.05) is 24.3 Å². The Labute approximate surface area is 129 Å². The largest absolute Gasteiger partial charge is 0.384 e. The maximum Gasteiger partial charge on any atom is 0.233 e. The second kappa shape index (κ2) is 6.85. The molecule has 1 N–H and O–H groups in total. The van der Waals surface area contributed by atoms with E-state index in [4.69, 9.17) is 4.74 Å². The van der Waals surface area contributed by atoms with Crippen LogP contribution in [0.5, 0.6) is 0 Å². The molecule has 0 atom stereocenters. The first-order chi connectivity index (χ1) is 10.8. The Balaban J connectivity index is 1.57. The van der Waals surface area contributed by atoms with Crippen LogP contribution in [0.25, 0.3) is 5.70 Å². The van der Waals surface area contributed by atoms with E-state index in [-0.39, 0.29) is 0 Å². The van der Waals surface area contributed by atoms with E-state index in [1.54, 1.807) is 12.1 Å². The Morgan fingerprint density at radius 1 is 1.09 bits per heavy atom. The van der Waals surface area contributed by atoms with Crippen LogP contribution < -0.4 is 5.32 Å². The van der Waals surface area contributed by atoms with E-state index in [0.29, 0.717) is 5.56 Å². The minimum atomic E-state index is -0.450. The lowest BCUT2D eigenvalue weighted by molar-refractivity contribution is -0.111. The zero-order valence-corrected chi connectivity index (χ0v) is 12.5. The van der Waals surface area contributed by atoms with Crippen molar-refractivity contribution in [2.75, 3.05) is 39.4 Å². The summed E-state index contributed by atoms with van der Waals surface area (Å²) in [5, 5.41) is 3.30. The summed E-state index contributed by atoms with van der Waals surface area (Å²) in [7, 11) is 0. The van der Waals surface area contributed by atoms with Gasteiger partial charge < -0.3 is 10.1 Å². The van der Waals surface area contributed by atoms with E-state index < -0.39 is 11.6 Å². The fraction of sp³-hybridized carbons (Fsp3) is 0.412. The molecule has 1 aliphatic carbocycles. The monoisotopic (exact) mass is 300 g/mol. The molecule has 1 fully saturated rings. The fourth-order valence-corrected chi connectivity index (χ4v) is 2.82. The number of hydrogen-bond acceptors (Lipinski definition) is 5. The number of carbonyl (C=O) groups excluding carboxylic acids is 2. The van der Waals surface area contributed by atoms with Crippen LogP contribution in [0.3, 0.4) is 0 Å². The first-order valence-corrected chi connectivity index (χ1v) is 7.69. The molecule has 0 unspecified atom stereocenters. The van der Waals surface area contributed by atoms with Gasteiger partial charge in [-0.05, 0) is 13.0 Å². The van der Waals surface area contributed by atoms with Crippen LogP contribution in [0.2, 0.25) is 0 Å². The molecule has 1 aromatic carbocycles. The highest BCUT2D eigenvalue weighted by atomic mass is 16.5. The molecule has 1 aliphatic heterocycles. The zero-order chi connectivity index (χ0) is 15.4. The number of allylic oxidation sites excluding steroid dienone is 1. The van der Waals surface area contributed by atoms with Gasteiger partial charge in [-0.15, -0.1) is 0 Å². The molecule has 0 saturated carbocycles. The number of morpholine rings is 1. The number of carbonyl (C=O) groups is 2. The second-order valence-electron chi connectivity index (χ2n) is 5.53. The summed E-state index contributed by atoms with van der Waals surface area (Å²) in [5.41, 5.74) is 2.06. The van der Waals surface area contributed by atoms with Crippen molar-refractivity contribution in [1.82, 2.24) is 10.2 Å². The molecule has 0 amide bonds. The van der Waals surface area contributed by atoms with Crippen molar-refractivity contribution in [2.45, 2.75) is 6.42 Å². The molecule has 116 valence electrons. The summed E-state index contributed by atoms with van der Waals surface area (Å²) >= 11 is 0. The lowest BCUT2D eigenvalue weighted by Gasteiger charge is -2.26.